The number of hydrogen-bond acceptors (Lipinski definition) is 5. The maximum Gasteiger partial charge on any atom is 0.416 e. The van der Waals surface area contributed by atoms with Crippen molar-refractivity contribution >= 4 is 23.2 Å². The molecule has 2 atom stereocenters. The number of piperidine rings is 1. The molecule has 0 spiro atoms. The van der Waals surface area contributed by atoms with Crippen molar-refractivity contribution in [3.8, 4) is 5.75 Å². The molecule has 0 unspecified atom stereocenters. The predicted molar refractivity (Wildman–Crippen MR) is 150 cm³/mol. The van der Waals surface area contributed by atoms with Crippen molar-refractivity contribution in [1.29, 1.82) is 0 Å². The fourth-order valence-electron chi connectivity index (χ4n) is 5.85. The number of anilines is 2. The lowest BCUT2D eigenvalue weighted by molar-refractivity contribution is -0.137. The second-order valence-electron chi connectivity index (χ2n) is 10.6. The Bertz CT molecular complexity index is 1370. The number of carbonyl (C=O) groups is 2. The van der Waals surface area contributed by atoms with E-state index in [1.165, 1.54) is 17.7 Å². The summed E-state index contributed by atoms with van der Waals surface area (Å²) in [4.78, 5) is 28.2. The quantitative estimate of drug-likeness (QED) is 0.319. The topological polar surface area (TPSA) is 82.7 Å². The van der Waals surface area contributed by atoms with Gasteiger partial charge in [0, 0.05) is 30.4 Å². The number of alkyl halides is 3. The fraction of sp³-hybridized carbons (Fsp3) is 0.355. The van der Waals surface area contributed by atoms with Crippen LogP contribution in [0.4, 0.5) is 24.5 Å². The Morgan fingerprint density at radius 1 is 0.951 bits per heavy atom. The van der Waals surface area contributed by atoms with E-state index in [0.29, 0.717) is 17.8 Å². The van der Waals surface area contributed by atoms with Crippen LogP contribution in [0.2, 0.25) is 0 Å². The zero-order chi connectivity index (χ0) is 29.0. The zero-order valence-corrected chi connectivity index (χ0v) is 22.7. The number of ether oxygens (including phenoxy) is 1. The molecule has 0 aromatic heterocycles. The Balaban J connectivity index is 1.13. The first-order valence-corrected chi connectivity index (χ1v) is 13.7. The van der Waals surface area contributed by atoms with Gasteiger partial charge in [-0.05, 0) is 73.7 Å². The maximum atomic E-state index is 13.1. The van der Waals surface area contributed by atoms with Crippen LogP contribution in [0.25, 0.3) is 0 Å². The van der Waals surface area contributed by atoms with Crippen LogP contribution >= 0.6 is 0 Å². The molecular weight excluding hydrogens is 533 g/mol. The van der Waals surface area contributed by atoms with Gasteiger partial charge in [0.1, 0.15) is 5.75 Å². The summed E-state index contributed by atoms with van der Waals surface area (Å²) in [5, 5.41) is 8.62. The van der Waals surface area contributed by atoms with Gasteiger partial charge in [-0.25, -0.2) is 0 Å². The summed E-state index contributed by atoms with van der Waals surface area (Å²) in [7, 11) is 1.65. The first-order chi connectivity index (χ1) is 19.7. The Kier molecular flexibility index (Phi) is 8.49. The SMILES string of the molecule is COc1ccc(CN2[C@@H]3CC[C@@H]2CC(NC(=O)CNC(=O)c2ccccc2Nc2cccc(C(F)(F)F)c2)C3)cc1. The van der Waals surface area contributed by atoms with Crippen LogP contribution in [0, 0.1) is 0 Å². The highest BCUT2D eigenvalue weighted by Crippen LogP contribution is 2.37. The van der Waals surface area contributed by atoms with Crippen LogP contribution in [0.1, 0.15) is 47.2 Å². The van der Waals surface area contributed by atoms with E-state index in [1.54, 1.807) is 31.4 Å². The average molecular weight is 567 g/mol. The highest BCUT2D eigenvalue weighted by atomic mass is 19.4. The number of fused-ring (bicyclic) bond motifs is 2. The molecule has 0 saturated carbocycles. The first-order valence-electron chi connectivity index (χ1n) is 13.7. The van der Waals surface area contributed by atoms with Gasteiger partial charge in [-0.15, -0.1) is 0 Å². The smallest absolute Gasteiger partial charge is 0.416 e. The van der Waals surface area contributed by atoms with Crippen molar-refractivity contribution in [3.05, 3.63) is 89.5 Å². The van der Waals surface area contributed by atoms with Crippen molar-refractivity contribution in [2.24, 2.45) is 0 Å². The van der Waals surface area contributed by atoms with Crippen LogP contribution in [-0.2, 0) is 17.5 Å². The van der Waals surface area contributed by atoms with Gasteiger partial charge >= 0.3 is 6.18 Å². The Labute approximate surface area is 237 Å². The van der Waals surface area contributed by atoms with Crippen molar-refractivity contribution in [1.82, 2.24) is 15.5 Å². The zero-order valence-electron chi connectivity index (χ0n) is 22.7. The van der Waals surface area contributed by atoms with E-state index in [2.05, 4.69) is 33.0 Å². The molecule has 3 aromatic carbocycles. The van der Waals surface area contributed by atoms with E-state index >= 15 is 0 Å². The van der Waals surface area contributed by atoms with Crippen molar-refractivity contribution in [3.63, 3.8) is 0 Å². The second kappa shape index (κ2) is 12.2. The lowest BCUT2D eigenvalue weighted by Gasteiger charge is -2.39. The largest absolute Gasteiger partial charge is 0.497 e. The summed E-state index contributed by atoms with van der Waals surface area (Å²) >= 11 is 0. The number of para-hydroxylation sites is 1. The first kappa shape index (κ1) is 28.5. The number of halogens is 3. The number of hydrogen-bond donors (Lipinski definition) is 3. The van der Waals surface area contributed by atoms with Gasteiger partial charge < -0.3 is 20.7 Å². The number of nitrogens with one attached hydrogen (secondary N) is 3. The normalized spacial score (nSPS) is 20.3. The van der Waals surface area contributed by atoms with Gasteiger partial charge in [0.05, 0.1) is 30.5 Å². The molecule has 2 fully saturated rings. The summed E-state index contributed by atoms with van der Waals surface area (Å²) in [6, 6.07) is 20.2. The molecule has 2 aliphatic heterocycles. The molecule has 41 heavy (non-hydrogen) atoms. The Hall–Kier alpha value is -4.05. The summed E-state index contributed by atoms with van der Waals surface area (Å²) in [5.74, 6) is 0.0694. The molecule has 0 radical (unpaired) electrons. The Morgan fingerprint density at radius 3 is 2.34 bits per heavy atom. The van der Waals surface area contributed by atoms with Crippen molar-refractivity contribution in [2.75, 3.05) is 19.0 Å². The fourth-order valence-corrected chi connectivity index (χ4v) is 5.85. The average Bonchev–Trinajstić information content (AvgIpc) is 3.18. The molecule has 5 rings (SSSR count). The summed E-state index contributed by atoms with van der Waals surface area (Å²) in [5.41, 5.74) is 1.20. The van der Waals surface area contributed by atoms with Crippen LogP contribution in [0.15, 0.2) is 72.8 Å². The molecule has 10 heteroatoms. The minimum Gasteiger partial charge on any atom is -0.497 e. The van der Waals surface area contributed by atoms with E-state index in [4.69, 9.17) is 4.74 Å². The molecule has 216 valence electrons. The standard InChI is InChI=1S/C31H33F3N4O3/c1-41-26-13-9-20(10-14-26)19-38-24-11-12-25(38)17-23(16-24)37-29(39)18-35-30(40)27-7-2-3-8-28(27)36-22-6-4-5-21(15-22)31(32,33)34/h2-10,13-15,23-25,36H,11-12,16-19H2,1H3,(H,35,40)(H,37,39)/t24-,25-/m1/s1. The number of amides is 2. The number of benzene rings is 3. The molecule has 2 aliphatic rings. The van der Waals surface area contributed by atoms with Gasteiger partial charge in [0.2, 0.25) is 5.91 Å². The van der Waals surface area contributed by atoms with Gasteiger partial charge in [0.15, 0.2) is 0 Å². The molecule has 7 nitrogen and oxygen atoms in total. The highest BCUT2D eigenvalue weighted by molar-refractivity contribution is 6.01. The van der Waals surface area contributed by atoms with E-state index < -0.39 is 17.6 Å². The van der Waals surface area contributed by atoms with E-state index in [0.717, 1.165) is 50.1 Å². The van der Waals surface area contributed by atoms with E-state index in [-0.39, 0.29) is 29.7 Å². The third kappa shape index (κ3) is 7.00. The minimum absolute atomic E-state index is 0.0406. The van der Waals surface area contributed by atoms with Crippen molar-refractivity contribution < 1.29 is 27.5 Å². The molecule has 2 amide bonds. The number of rotatable bonds is 9. The molecular formula is C31H33F3N4O3. The number of carbonyl (C=O) groups excluding carboxylic acids is 2. The molecule has 2 saturated heterocycles. The third-order valence-electron chi connectivity index (χ3n) is 7.82. The minimum atomic E-state index is -4.48. The van der Waals surface area contributed by atoms with Gasteiger partial charge in [-0.1, -0.05) is 30.3 Å². The van der Waals surface area contributed by atoms with Gasteiger partial charge in [0.25, 0.3) is 5.91 Å². The highest BCUT2D eigenvalue weighted by Gasteiger charge is 2.41. The lowest BCUT2D eigenvalue weighted by Crippen LogP contribution is -2.51. The lowest BCUT2D eigenvalue weighted by atomic mass is 9.96. The van der Waals surface area contributed by atoms with E-state index in [9.17, 15) is 22.8 Å². The summed E-state index contributed by atoms with van der Waals surface area (Å²) in [6.07, 6.45) is -0.569. The van der Waals surface area contributed by atoms with Crippen LogP contribution in [0.3, 0.4) is 0 Å². The molecule has 3 aromatic rings. The number of methoxy groups -OCH3 is 1. The van der Waals surface area contributed by atoms with Crippen LogP contribution in [0.5, 0.6) is 5.75 Å². The monoisotopic (exact) mass is 566 g/mol. The van der Waals surface area contributed by atoms with Crippen molar-refractivity contribution in [2.45, 2.75) is 56.5 Å². The van der Waals surface area contributed by atoms with E-state index in [1.807, 2.05) is 12.1 Å². The molecule has 2 heterocycles. The molecule has 0 aliphatic carbocycles. The predicted octanol–water partition coefficient (Wildman–Crippen LogP) is 5.50. The van der Waals surface area contributed by atoms with Crippen LogP contribution < -0.4 is 20.7 Å². The molecule has 2 bridgehead atoms. The Morgan fingerprint density at radius 2 is 1.66 bits per heavy atom. The van der Waals surface area contributed by atoms with Crippen LogP contribution in [-0.4, -0.2) is 48.5 Å². The number of nitrogens with zero attached hydrogens (tertiary/aromatic N) is 1. The second-order valence-corrected chi connectivity index (χ2v) is 10.6. The third-order valence-corrected chi connectivity index (χ3v) is 7.82. The summed E-state index contributed by atoms with van der Waals surface area (Å²) < 4.78 is 44.6. The van der Waals surface area contributed by atoms with Gasteiger partial charge in [-0.3, -0.25) is 14.5 Å². The van der Waals surface area contributed by atoms with Gasteiger partial charge in [-0.2, -0.15) is 13.2 Å². The maximum absolute atomic E-state index is 13.1. The molecule has 3 N–H and O–H groups in total. The summed E-state index contributed by atoms with van der Waals surface area (Å²) in [6.45, 7) is 0.669.